The molecule has 0 aromatic rings. The minimum absolute atomic E-state index is 0.815. The first-order valence-corrected chi connectivity index (χ1v) is 6.22. The Labute approximate surface area is 70.7 Å². The van der Waals surface area contributed by atoms with E-state index in [4.69, 9.17) is 8.85 Å². The van der Waals surface area contributed by atoms with Crippen molar-refractivity contribution in [1.82, 2.24) is 0 Å². The Kier molecular flexibility index (Phi) is 4.11. The van der Waals surface area contributed by atoms with Crippen LogP contribution < -0.4 is 0 Å². The standard InChI is InChI=1S/C8H18O2Si/c1-3-9-11(10-4-2)8-6-5-7-8/h8,11H,3-7H2,1-2H3. The molecule has 0 amide bonds. The van der Waals surface area contributed by atoms with Crippen molar-refractivity contribution in [3.05, 3.63) is 0 Å². The van der Waals surface area contributed by atoms with Gasteiger partial charge in [0.2, 0.25) is 0 Å². The van der Waals surface area contributed by atoms with E-state index in [1.54, 1.807) is 0 Å². The van der Waals surface area contributed by atoms with Gasteiger partial charge in [0.05, 0.1) is 0 Å². The van der Waals surface area contributed by atoms with Crippen molar-refractivity contribution in [2.24, 2.45) is 0 Å². The molecule has 0 aliphatic heterocycles. The van der Waals surface area contributed by atoms with Gasteiger partial charge in [-0.25, -0.2) is 0 Å². The summed E-state index contributed by atoms with van der Waals surface area (Å²) in [5.74, 6) is 0. The molecule has 1 aliphatic rings. The van der Waals surface area contributed by atoms with Crippen LogP contribution in [0.15, 0.2) is 0 Å². The summed E-state index contributed by atoms with van der Waals surface area (Å²) < 4.78 is 11.2. The molecule has 1 rings (SSSR count). The second kappa shape index (κ2) is 4.90. The summed E-state index contributed by atoms with van der Waals surface area (Å²) in [6.07, 6.45) is 4.07. The highest BCUT2D eigenvalue weighted by Gasteiger charge is 2.30. The monoisotopic (exact) mass is 174 g/mol. The molecule has 0 aromatic heterocycles. The molecule has 0 heterocycles. The maximum absolute atomic E-state index is 5.60. The lowest BCUT2D eigenvalue weighted by Crippen LogP contribution is -2.32. The van der Waals surface area contributed by atoms with Crippen LogP contribution >= 0.6 is 0 Å². The summed E-state index contributed by atoms with van der Waals surface area (Å²) in [6.45, 7) is 5.76. The second-order valence-corrected chi connectivity index (χ2v) is 5.32. The normalized spacial score (nSPS) is 18.8. The van der Waals surface area contributed by atoms with Crippen LogP contribution in [-0.2, 0) is 8.85 Å². The Morgan fingerprint density at radius 1 is 1.18 bits per heavy atom. The Balaban J connectivity index is 2.19. The van der Waals surface area contributed by atoms with E-state index in [1.807, 2.05) is 0 Å². The lowest BCUT2D eigenvalue weighted by molar-refractivity contribution is 0.189. The molecule has 1 aliphatic carbocycles. The molecule has 2 nitrogen and oxygen atoms in total. The number of hydrogen-bond donors (Lipinski definition) is 0. The van der Waals surface area contributed by atoms with Gasteiger partial charge in [-0.05, 0) is 32.2 Å². The minimum atomic E-state index is -1.24. The Hall–Kier alpha value is 0.137. The van der Waals surface area contributed by atoms with Crippen LogP contribution in [0.5, 0.6) is 0 Å². The topological polar surface area (TPSA) is 18.5 Å². The second-order valence-electron chi connectivity index (χ2n) is 2.97. The summed E-state index contributed by atoms with van der Waals surface area (Å²) in [5.41, 5.74) is 0.815. The molecule has 66 valence electrons. The molecule has 0 N–H and O–H groups in total. The molecular weight excluding hydrogens is 156 g/mol. The molecule has 0 unspecified atom stereocenters. The highest BCUT2D eigenvalue weighted by molar-refractivity contribution is 6.46. The van der Waals surface area contributed by atoms with Crippen molar-refractivity contribution in [3.8, 4) is 0 Å². The van der Waals surface area contributed by atoms with Gasteiger partial charge in [0, 0.05) is 13.2 Å². The highest BCUT2D eigenvalue weighted by Crippen LogP contribution is 2.35. The van der Waals surface area contributed by atoms with Crippen LogP contribution in [0.1, 0.15) is 33.1 Å². The largest absolute Gasteiger partial charge is 0.397 e. The number of rotatable bonds is 5. The summed E-state index contributed by atoms with van der Waals surface area (Å²) in [7, 11) is -1.24. The summed E-state index contributed by atoms with van der Waals surface area (Å²) in [6, 6.07) is 0. The quantitative estimate of drug-likeness (QED) is 0.592. The minimum Gasteiger partial charge on any atom is -0.397 e. The zero-order chi connectivity index (χ0) is 8.10. The Bertz CT molecular complexity index is 98.3. The molecule has 0 atom stereocenters. The molecule has 0 saturated heterocycles. The average Bonchev–Trinajstić information content (AvgIpc) is 1.85. The smallest absolute Gasteiger partial charge is 0.324 e. The lowest BCUT2D eigenvalue weighted by atomic mass is 10.00. The van der Waals surface area contributed by atoms with Gasteiger partial charge in [0.25, 0.3) is 0 Å². The fraction of sp³-hybridized carbons (Fsp3) is 1.00. The molecule has 1 saturated carbocycles. The van der Waals surface area contributed by atoms with Crippen LogP contribution in [0.4, 0.5) is 0 Å². The van der Waals surface area contributed by atoms with Crippen LogP contribution in [0.25, 0.3) is 0 Å². The van der Waals surface area contributed by atoms with E-state index in [9.17, 15) is 0 Å². The molecule has 0 spiro atoms. The van der Waals surface area contributed by atoms with Gasteiger partial charge in [-0.3, -0.25) is 0 Å². The number of hydrogen-bond acceptors (Lipinski definition) is 2. The van der Waals surface area contributed by atoms with Gasteiger partial charge in [-0.1, -0.05) is 6.42 Å². The van der Waals surface area contributed by atoms with E-state index < -0.39 is 9.28 Å². The SMILES string of the molecule is CCO[SiH](OCC)C1CCC1. The van der Waals surface area contributed by atoms with Crippen molar-refractivity contribution >= 4 is 9.28 Å². The van der Waals surface area contributed by atoms with Gasteiger partial charge in [0.1, 0.15) is 0 Å². The molecule has 1 fully saturated rings. The fourth-order valence-electron chi connectivity index (χ4n) is 1.36. The maximum Gasteiger partial charge on any atom is 0.324 e. The van der Waals surface area contributed by atoms with Crippen molar-refractivity contribution in [2.75, 3.05) is 13.2 Å². The Morgan fingerprint density at radius 3 is 2.00 bits per heavy atom. The van der Waals surface area contributed by atoms with Gasteiger partial charge in [-0.15, -0.1) is 0 Å². The van der Waals surface area contributed by atoms with E-state index in [-0.39, 0.29) is 0 Å². The summed E-state index contributed by atoms with van der Waals surface area (Å²) in [4.78, 5) is 0. The van der Waals surface area contributed by atoms with Crippen LogP contribution in [-0.4, -0.2) is 22.5 Å². The predicted octanol–water partition coefficient (Wildman–Crippen LogP) is 1.83. The highest BCUT2D eigenvalue weighted by atomic mass is 28.3. The average molecular weight is 174 g/mol. The Morgan fingerprint density at radius 2 is 1.73 bits per heavy atom. The van der Waals surface area contributed by atoms with E-state index in [0.29, 0.717) is 0 Å². The molecule has 0 bridgehead atoms. The third-order valence-corrected chi connectivity index (χ3v) is 4.96. The third-order valence-electron chi connectivity index (χ3n) is 2.20. The van der Waals surface area contributed by atoms with Crippen LogP contribution in [0, 0.1) is 0 Å². The van der Waals surface area contributed by atoms with Gasteiger partial charge in [0.15, 0.2) is 0 Å². The maximum atomic E-state index is 5.60. The summed E-state index contributed by atoms with van der Waals surface area (Å²) in [5, 5.41) is 0. The van der Waals surface area contributed by atoms with Crippen LogP contribution in [0.3, 0.4) is 0 Å². The lowest BCUT2D eigenvalue weighted by Gasteiger charge is -2.30. The summed E-state index contributed by atoms with van der Waals surface area (Å²) >= 11 is 0. The molecular formula is C8H18O2Si. The van der Waals surface area contributed by atoms with Crippen LogP contribution in [0.2, 0.25) is 5.54 Å². The first kappa shape index (κ1) is 9.23. The van der Waals surface area contributed by atoms with Crippen molar-refractivity contribution < 1.29 is 8.85 Å². The van der Waals surface area contributed by atoms with E-state index >= 15 is 0 Å². The van der Waals surface area contributed by atoms with Gasteiger partial charge in [-0.2, -0.15) is 0 Å². The first-order chi connectivity index (χ1) is 5.38. The first-order valence-electron chi connectivity index (χ1n) is 4.61. The van der Waals surface area contributed by atoms with E-state index in [2.05, 4.69) is 13.8 Å². The van der Waals surface area contributed by atoms with Gasteiger partial charge >= 0.3 is 9.28 Å². The van der Waals surface area contributed by atoms with E-state index in [0.717, 1.165) is 18.8 Å². The molecule has 0 radical (unpaired) electrons. The predicted molar refractivity (Wildman–Crippen MR) is 48.0 cm³/mol. The van der Waals surface area contributed by atoms with E-state index in [1.165, 1.54) is 19.3 Å². The fourth-order valence-corrected chi connectivity index (χ4v) is 3.67. The van der Waals surface area contributed by atoms with Crippen molar-refractivity contribution in [1.29, 1.82) is 0 Å². The third kappa shape index (κ3) is 2.58. The zero-order valence-corrected chi connectivity index (χ0v) is 8.66. The molecule has 3 heteroatoms. The van der Waals surface area contributed by atoms with Gasteiger partial charge < -0.3 is 8.85 Å². The van der Waals surface area contributed by atoms with Crippen molar-refractivity contribution in [2.45, 2.75) is 38.7 Å². The van der Waals surface area contributed by atoms with Crippen molar-refractivity contribution in [3.63, 3.8) is 0 Å². The molecule has 11 heavy (non-hydrogen) atoms. The molecule has 0 aromatic carbocycles. The zero-order valence-electron chi connectivity index (χ0n) is 7.51.